The molecule has 1 aromatic rings. The van der Waals surface area contributed by atoms with Gasteiger partial charge in [0.2, 0.25) is 41.4 Å². The van der Waals surface area contributed by atoms with Crippen molar-refractivity contribution in [3.05, 3.63) is 35.9 Å². The summed E-state index contributed by atoms with van der Waals surface area (Å²) >= 11 is 0. The molecule has 3 rings (SSSR count). The Kier molecular flexibility index (Phi) is 34.6. The number of unbranched alkanes of at least 4 members (excludes halogenated alkanes) is 3. The lowest BCUT2D eigenvalue weighted by Gasteiger charge is -2.30. The topological polar surface area (TPSA) is 362 Å². The smallest absolute Gasteiger partial charge is 0.329 e. The van der Waals surface area contributed by atoms with Crippen LogP contribution in [-0.2, 0) is 73.4 Å². The number of ether oxygens (including phenoxy) is 2. The molecule has 1 saturated heterocycles. The van der Waals surface area contributed by atoms with E-state index in [0.717, 1.165) is 31.2 Å². The number of benzene rings is 1. The van der Waals surface area contributed by atoms with E-state index in [2.05, 4.69) is 38.8 Å². The fourth-order valence-electron chi connectivity index (χ4n) is 11.7. The molecule has 0 radical (unpaired) electrons. The molecule has 1 aliphatic heterocycles. The van der Waals surface area contributed by atoms with E-state index in [0.29, 0.717) is 58.2 Å². The fraction of sp³-hybridized carbons (Fsp3) is 0.739. The number of ketones is 4. The van der Waals surface area contributed by atoms with E-state index in [9.17, 15) is 67.7 Å². The number of esters is 1. The molecule has 17 atom stereocenters. The summed E-state index contributed by atoms with van der Waals surface area (Å²) in [6.07, 6.45) is 3.28. The van der Waals surface area contributed by atoms with E-state index in [1.807, 2.05) is 51.1 Å². The maximum atomic E-state index is 14.6. The van der Waals surface area contributed by atoms with E-state index in [1.165, 1.54) is 13.8 Å². The molecule has 92 heavy (non-hydrogen) atoms. The van der Waals surface area contributed by atoms with Gasteiger partial charge in [-0.2, -0.15) is 0 Å². The molecule has 2 unspecified atom stereocenters. The fourth-order valence-corrected chi connectivity index (χ4v) is 11.7. The van der Waals surface area contributed by atoms with Gasteiger partial charge >= 0.3 is 5.97 Å². The lowest BCUT2D eigenvalue weighted by molar-refractivity contribution is -0.157. The highest BCUT2D eigenvalue weighted by Crippen LogP contribution is 2.47. The molecule has 0 bridgehead atoms. The Hall–Kier alpha value is -6.46. The van der Waals surface area contributed by atoms with Gasteiger partial charge in [0, 0.05) is 63.1 Å². The van der Waals surface area contributed by atoms with Crippen LogP contribution in [0, 0.1) is 59.2 Å². The van der Waals surface area contributed by atoms with Crippen molar-refractivity contribution in [1.82, 2.24) is 31.9 Å². The lowest BCUT2D eigenvalue weighted by Crippen LogP contribution is -2.57. The van der Waals surface area contributed by atoms with Gasteiger partial charge in [-0.05, 0) is 80.6 Å². The second-order valence-corrected chi connectivity index (χ2v) is 26.2. The predicted molar refractivity (Wildman–Crippen MR) is 346 cm³/mol. The molecule has 518 valence electrons. The van der Waals surface area contributed by atoms with Crippen LogP contribution >= 0.6 is 0 Å². The van der Waals surface area contributed by atoms with Crippen LogP contribution in [0.2, 0.25) is 0 Å². The molecule has 1 spiro atoms. The molecule has 2 fully saturated rings. The van der Waals surface area contributed by atoms with Crippen molar-refractivity contribution in [3.63, 3.8) is 0 Å². The number of nitrogens with two attached hydrogens (primary N) is 1. The highest BCUT2D eigenvalue weighted by atomic mass is 16.5. The summed E-state index contributed by atoms with van der Waals surface area (Å²) in [5, 5.41) is 37.9. The normalized spacial score (nSPS) is 23.0. The third kappa shape index (κ3) is 24.1. The first kappa shape index (κ1) is 79.8. The second-order valence-electron chi connectivity index (χ2n) is 26.2. The lowest BCUT2D eigenvalue weighted by atomic mass is 9.83. The van der Waals surface area contributed by atoms with Crippen molar-refractivity contribution in [1.29, 1.82) is 0 Å². The summed E-state index contributed by atoms with van der Waals surface area (Å²) in [6.45, 7) is 20.2. The van der Waals surface area contributed by atoms with Gasteiger partial charge in [0.15, 0.2) is 23.1 Å². The van der Waals surface area contributed by atoms with E-state index in [-0.39, 0.29) is 37.0 Å². The first-order chi connectivity index (χ1) is 43.6. The molecule has 10 N–H and O–H groups in total. The van der Waals surface area contributed by atoms with Gasteiger partial charge in [-0.3, -0.25) is 52.7 Å². The van der Waals surface area contributed by atoms with Gasteiger partial charge in [0.1, 0.15) is 23.7 Å². The number of carbonyl (C=O) groups excluding carboxylic acids is 12. The highest BCUT2D eigenvalue weighted by molar-refractivity contribution is 6.01. The van der Waals surface area contributed by atoms with Crippen molar-refractivity contribution in [2.45, 2.75) is 241 Å². The summed E-state index contributed by atoms with van der Waals surface area (Å²) in [5.41, 5.74) is 5.09. The summed E-state index contributed by atoms with van der Waals surface area (Å²) in [7, 11) is 0. The molecule has 1 aromatic carbocycles. The Balaban J connectivity index is 1.84. The van der Waals surface area contributed by atoms with E-state index >= 15 is 0 Å². The van der Waals surface area contributed by atoms with E-state index < -0.39 is 193 Å². The number of rotatable bonds is 41. The number of cyclic esters (lactones) is 1. The van der Waals surface area contributed by atoms with Crippen LogP contribution in [-0.4, -0.2) is 149 Å². The zero-order valence-corrected chi connectivity index (χ0v) is 56.9. The number of amides is 7. The quantitative estimate of drug-likeness (QED) is 0.0299. The maximum Gasteiger partial charge on any atom is 0.329 e. The SMILES string of the molecule is CCCCCCOCCC1CC12NC(=O)[C@H](C)CC(=O)[C@H](NC(=O)[C@H](CO)CC(=O)[C@@H](NC(=O)[C@H](CC(=O)[C@@H](CCC(N)=O)NC(=O)[C@H](CO)CC(=O)[C@@H](NC(=O)[C@H](CC)Cc1ccccc1)[C@@H](C)CC)[C@@H](C)CC)[C@@H](C)CC)[C@H](C)OC(=O)[C@H]([C@@H](C)CC)NC2=O. The molecular formula is C69H111N7O16. The van der Waals surface area contributed by atoms with Crippen LogP contribution < -0.4 is 37.6 Å². The van der Waals surface area contributed by atoms with E-state index in [1.54, 1.807) is 41.5 Å². The minimum atomic E-state index is -1.59. The molecule has 1 aliphatic carbocycles. The minimum absolute atomic E-state index is 0.282. The first-order valence-corrected chi connectivity index (χ1v) is 33.9. The van der Waals surface area contributed by atoms with Crippen molar-refractivity contribution in [3.8, 4) is 0 Å². The summed E-state index contributed by atoms with van der Waals surface area (Å²) in [5.74, 6) is -16.0. The third-order valence-electron chi connectivity index (χ3n) is 19.2. The summed E-state index contributed by atoms with van der Waals surface area (Å²) < 4.78 is 11.7. The zero-order chi connectivity index (χ0) is 69.0. The maximum absolute atomic E-state index is 14.6. The standard InChI is InChI=1S/C69H111N7O16/c1-13-19-20-24-30-91-31-29-50-37-69(50)68(90)75-60(43(10)17-5)67(89)92-45(12)61(54(80)32-44(11)62(84)76-69)74-65(87)49(39-78)35-56(82)59(42(9)16-4)73-66(88)51(40(7)14-2)36-53(79)52(27-28-57(70)83)71-64(86)48(38-77)34-55(81)58(41(8)15-3)72-63(85)47(18-6)33-46-25-22-21-23-26-46/h21-23,25-26,40-45,47-52,58-61,77-78H,13-20,24,27-39H2,1-12H3,(H2,70,83)(H,71,86)(H,72,85)(H,73,88)(H,74,87)(H,75,90)(H,76,84)/t40-,41-,42-,43-,44+,45-,47+,48-,49-,50?,51+,52+,58-,59-,60-,61+,69?/m0/s1. The molecule has 7 amide bonds. The van der Waals surface area contributed by atoms with Crippen LogP contribution in [0.25, 0.3) is 0 Å². The van der Waals surface area contributed by atoms with Gasteiger partial charge < -0.3 is 57.3 Å². The molecule has 0 aromatic heterocycles. The van der Waals surface area contributed by atoms with Crippen molar-refractivity contribution < 1.29 is 77.2 Å². The molecule has 23 heteroatoms. The molecule has 23 nitrogen and oxygen atoms in total. The minimum Gasteiger partial charge on any atom is -0.458 e. The molecular weight excluding hydrogens is 1180 g/mol. The van der Waals surface area contributed by atoms with Crippen LogP contribution in [0.1, 0.15) is 198 Å². The number of Topliss-reactive ketones (excluding diaryl/α,β-unsaturated/α-hetero) is 4. The third-order valence-corrected chi connectivity index (χ3v) is 19.2. The monoisotopic (exact) mass is 1290 g/mol. The van der Waals surface area contributed by atoms with Crippen LogP contribution in [0.4, 0.5) is 0 Å². The van der Waals surface area contributed by atoms with Crippen molar-refractivity contribution >= 4 is 70.5 Å². The van der Waals surface area contributed by atoms with Gasteiger partial charge in [-0.1, -0.05) is 151 Å². The van der Waals surface area contributed by atoms with Crippen molar-refractivity contribution in [2.75, 3.05) is 26.4 Å². The van der Waals surface area contributed by atoms with Crippen LogP contribution in [0.3, 0.4) is 0 Å². The van der Waals surface area contributed by atoms with Gasteiger partial charge in [-0.15, -0.1) is 0 Å². The van der Waals surface area contributed by atoms with Crippen LogP contribution in [0.15, 0.2) is 30.3 Å². The number of nitrogens with one attached hydrogen (secondary N) is 6. The van der Waals surface area contributed by atoms with Gasteiger partial charge in [0.05, 0.1) is 43.2 Å². The Morgan fingerprint density at radius 2 is 1.26 bits per heavy atom. The van der Waals surface area contributed by atoms with E-state index in [4.69, 9.17) is 15.2 Å². The predicted octanol–water partition coefficient (Wildman–Crippen LogP) is 5.24. The van der Waals surface area contributed by atoms with Gasteiger partial charge in [0.25, 0.3) is 0 Å². The summed E-state index contributed by atoms with van der Waals surface area (Å²) in [4.78, 5) is 168. The summed E-state index contributed by atoms with van der Waals surface area (Å²) in [6, 6.07) is 2.95. The zero-order valence-electron chi connectivity index (χ0n) is 56.9. The average Bonchev–Trinajstić information content (AvgIpc) is 1.58. The molecule has 1 heterocycles. The number of hydrogen-bond donors (Lipinski definition) is 9. The van der Waals surface area contributed by atoms with Crippen LogP contribution in [0.5, 0.6) is 0 Å². The Morgan fingerprint density at radius 3 is 1.80 bits per heavy atom. The second kappa shape index (κ2) is 39.9. The largest absolute Gasteiger partial charge is 0.458 e. The first-order valence-electron chi connectivity index (χ1n) is 33.9. The Bertz CT molecular complexity index is 2620. The molecule has 2 aliphatic rings. The number of hydrogen-bond acceptors (Lipinski definition) is 16. The average molecular weight is 1290 g/mol. The van der Waals surface area contributed by atoms with Crippen molar-refractivity contribution in [2.24, 2.45) is 64.9 Å². The number of aliphatic hydroxyl groups excluding tert-OH is 2. The Morgan fingerprint density at radius 1 is 0.685 bits per heavy atom. The number of carbonyl (C=O) groups is 12. The number of aliphatic hydroxyl groups is 2. The van der Waals surface area contributed by atoms with Gasteiger partial charge in [-0.25, -0.2) is 4.79 Å². The number of primary amides is 1. The Labute approximate surface area is 545 Å². The highest BCUT2D eigenvalue weighted by Gasteiger charge is 2.61. The molecule has 1 saturated carbocycles.